The van der Waals surface area contributed by atoms with Crippen LogP contribution in [0.4, 0.5) is 9.59 Å². The predicted octanol–water partition coefficient (Wildman–Crippen LogP) is 6.80. The topological polar surface area (TPSA) is 102 Å². The summed E-state index contributed by atoms with van der Waals surface area (Å²) in [6, 6.07) is 12.0. The molecule has 4 aromatic rings. The van der Waals surface area contributed by atoms with Gasteiger partial charge in [0, 0.05) is 37.6 Å². The van der Waals surface area contributed by atoms with Crippen molar-refractivity contribution in [1.82, 2.24) is 14.8 Å². The zero-order valence-electron chi connectivity index (χ0n) is 22.4. The van der Waals surface area contributed by atoms with Crippen LogP contribution >= 0.6 is 22.9 Å². The van der Waals surface area contributed by atoms with Crippen molar-refractivity contribution in [3.8, 4) is 16.3 Å². The smallest absolute Gasteiger partial charge is 0.415 e. The number of halogens is 1. The fraction of sp³-hybridized carbons (Fsp3) is 0.357. The zero-order chi connectivity index (χ0) is 28.3. The summed E-state index contributed by atoms with van der Waals surface area (Å²) >= 11 is 7.58. The molecule has 0 atom stereocenters. The third kappa shape index (κ3) is 6.51. The van der Waals surface area contributed by atoms with Crippen LogP contribution in [0, 0.1) is 0 Å². The Labute approximate surface area is 234 Å². The summed E-state index contributed by atoms with van der Waals surface area (Å²) in [6.45, 7) is 10.7. The number of carbonyl (C=O) groups is 2. The number of hydrogen-bond acceptors (Lipinski definition) is 8. The third-order valence-electron chi connectivity index (χ3n) is 5.70. The normalized spacial score (nSPS) is 13.7. The van der Waals surface area contributed by atoms with Crippen molar-refractivity contribution >= 4 is 56.3 Å². The van der Waals surface area contributed by atoms with Gasteiger partial charge in [0.05, 0.1) is 15.3 Å². The zero-order valence-corrected chi connectivity index (χ0v) is 24.0. The number of thiazole rings is 1. The summed E-state index contributed by atoms with van der Waals surface area (Å²) in [6.07, 6.45) is -0.952. The SMILES string of the molecule is CC.CC(C)(C)OC(=O)N1CCN(C(=O)Oc2ccc3cc(-c4nc5c(Cl)cccc5s4)c(=O)oc3c2)CC1. The number of amides is 2. The molecule has 2 aromatic heterocycles. The van der Waals surface area contributed by atoms with Crippen molar-refractivity contribution < 1.29 is 23.5 Å². The van der Waals surface area contributed by atoms with Gasteiger partial charge in [0.2, 0.25) is 0 Å². The highest BCUT2D eigenvalue weighted by Gasteiger charge is 2.28. The Bertz CT molecular complexity index is 1570. The van der Waals surface area contributed by atoms with Crippen molar-refractivity contribution in [2.75, 3.05) is 26.2 Å². The molecule has 5 rings (SSSR count). The lowest BCUT2D eigenvalue weighted by molar-refractivity contribution is 0.0154. The summed E-state index contributed by atoms with van der Waals surface area (Å²) in [4.78, 5) is 45.3. The van der Waals surface area contributed by atoms with E-state index in [2.05, 4.69) is 4.98 Å². The predicted molar refractivity (Wildman–Crippen MR) is 153 cm³/mol. The standard InChI is InChI=1S/C26H24ClN3O6S.C2H6/c1-26(2,3)36-25(33)30-11-9-29(10-12-30)24(32)34-16-8-7-15-13-17(23(31)35-19(15)14-16)22-28-21-18(27)5-4-6-20(21)37-22;1-2/h4-8,13-14H,9-12H2,1-3H3;1-2H3. The molecule has 0 N–H and O–H groups in total. The van der Waals surface area contributed by atoms with Crippen LogP contribution in [0.2, 0.25) is 5.02 Å². The maximum Gasteiger partial charge on any atom is 0.415 e. The molecule has 0 saturated carbocycles. The molecule has 1 aliphatic heterocycles. The molecular weight excluding hydrogens is 542 g/mol. The number of hydrogen-bond donors (Lipinski definition) is 0. The van der Waals surface area contributed by atoms with Gasteiger partial charge in [-0.15, -0.1) is 11.3 Å². The van der Waals surface area contributed by atoms with Crippen LogP contribution in [0.5, 0.6) is 5.75 Å². The van der Waals surface area contributed by atoms with E-state index in [9.17, 15) is 14.4 Å². The number of rotatable bonds is 2. The Morgan fingerprint density at radius 3 is 2.31 bits per heavy atom. The van der Waals surface area contributed by atoms with Gasteiger partial charge in [-0.2, -0.15) is 0 Å². The second kappa shape index (κ2) is 11.6. The molecule has 1 aliphatic rings. The molecule has 0 aliphatic carbocycles. The lowest BCUT2D eigenvalue weighted by Crippen LogP contribution is -2.52. The Morgan fingerprint density at radius 1 is 1.00 bits per heavy atom. The monoisotopic (exact) mass is 571 g/mol. The molecule has 0 bridgehead atoms. The highest BCUT2D eigenvalue weighted by Crippen LogP contribution is 2.33. The van der Waals surface area contributed by atoms with Gasteiger partial charge >= 0.3 is 17.8 Å². The quantitative estimate of drug-likeness (QED) is 0.244. The second-order valence-electron chi connectivity index (χ2n) is 9.58. The minimum absolute atomic E-state index is 0.245. The lowest BCUT2D eigenvalue weighted by atomic mass is 10.2. The molecule has 1 saturated heterocycles. The number of aromatic nitrogens is 1. The van der Waals surface area contributed by atoms with Gasteiger partial charge < -0.3 is 23.7 Å². The highest BCUT2D eigenvalue weighted by molar-refractivity contribution is 7.21. The van der Waals surface area contributed by atoms with Crippen LogP contribution in [0.3, 0.4) is 0 Å². The molecule has 9 nitrogen and oxygen atoms in total. The number of fused-ring (bicyclic) bond motifs is 2. The number of nitrogens with zero attached hydrogens (tertiary/aromatic N) is 3. The lowest BCUT2D eigenvalue weighted by Gasteiger charge is -2.34. The molecular formula is C28H30ClN3O6S. The Hall–Kier alpha value is -3.63. The minimum atomic E-state index is -0.582. The summed E-state index contributed by atoms with van der Waals surface area (Å²) < 4.78 is 17.3. The number of carbonyl (C=O) groups excluding carboxylic acids is 2. The van der Waals surface area contributed by atoms with Crippen molar-refractivity contribution in [2.24, 2.45) is 0 Å². The molecule has 0 radical (unpaired) electrons. The largest absolute Gasteiger partial charge is 0.444 e. The van der Waals surface area contributed by atoms with Crippen molar-refractivity contribution in [3.05, 3.63) is 57.9 Å². The molecule has 39 heavy (non-hydrogen) atoms. The maximum absolute atomic E-state index is 12.8. The van der Waals surface area contributed by atoms with E-state index < -0.39 is 23.4 Å². The first-order valence-corrected chi connectivity index (χ1v) is 13.8. The van der Waals surface area contributed by atoms with Gasteiger partial charge in [-0.25, -0.2) is 19.4 Å². The molecule has 206 valence electrons. The van der Waals surface area contributed by atoms with Crippen molar-refractivity contribution in [2.45, 2.75) is 40.2 Å². The van der Waals surface area contributed by atoms with E-state index in [1.54, 1.807) is 29.2 Å². The van der Waals surface area contributed by atoms with E-state index in [-0.39, 0.29) is 11.3 Å². The summed E-state index contributed by atoms with van der Waals surface area (Å²) in [5.41, 5.74) is 0.119. The Kier molecular flexibility index (Phi) is 8.46. The molecule has 0 spiro atoms. The second-order valence-corrected chi connectivity index (χ2v) is 11.0. The number of benzene rings is 2. The van der Waals surface area contributed by atoms with E-state index in [0.717, 1.165) is 4.70 Å². The summed E-state index contributed by atoms with van der Waals surface area (Å²) in [5, 5.41) is 1.69. The number of para-hydroxylation sites is 1. The minimum Gasteiger partial charge on any atom is -0.444 e. The van der Waals surface area contributed by atoms with E-state index in [1.807, 2.05) is 46.8 Å². The molecule has 0 unspecified atom stereocenters. The van der Waals surface area contributed by atoms with Crippen LogP contribution in [0.15, 0.2) is 51.7 Å². The van der Waals surface area contributed by atoms with Crippen LogP contribution in [-0.4, -0.2) is 58.8 Å². The van der Waals surface area contributed by atoms with E-state index in [4.69, 9.17) is 25.5 Å². The Morgan fingerprint density at radius 2 is 1.67 bits per heavy atom. The van der Waals surface area contributed by atoms with E-state index in [0.29, 0.717) is 52.7 Å². The summed E-state index contributed by atoms with van der Waals surface area (Å²) in [5.74, 6) is 0.245. The molecule has 2 amide bonds. The third-order valence-corrected chi connectivity index (χ3v) is 7.06. The van der Waals surface area contributed by atoms with Crippen LogP contribution in [0.1, 0.15) is 34.6 Å². The number of ether oxygens (including phenoxy) is 2. The van der Waals surface area contributed by atoms with Crippen LogP contribution < -0.4 is 10.4 Å². The first kappa shape index (κ1) is 28.4. The van der Waals surface area contributed by atoms with Gasteiger partial charge in [0.1, 0.15) is 27.5 Å². The molecule has 1 fully saturated rings. The fourth-order valence-electron chi connectivity index (χ4n) is 3.90. The molecule has 3 heterocycles. The van der Waals surface area contributed by atoms with Crippen LogP contribution in [0.25, 0.3) is 31.8 Å². The maximum atomic E-state index is 12.8. The van der Waals surface area contributed by atoms with E-state index >= 15 is 0 Å². The molecule has 11 heteroatoms. The average molecular weight is 572 g/mol. The van der Waals surface area contributed by atoms with Gasteiger partial charge in [-0.1, -0.05) is 31.5 Å². The average Bonchev–Trinajstić information content (AvgIpc) is 3.34. The highest BCUT2D eigenvalue weighted by atomic mass is 35.5. The van der Waals surface area contributed by atoms with Gasteiger partial charge in [0.15, 0.2) is 0 Å². The first-order chi connectivity index (χ1) is 18.6. The van der Waals surface area contributed by atoms with Gasteiger partial charge in [0.25, 0.3) is 0 Å². The summed E-state index contributed by atoms with van der Waals surface area (Å²) in [7, 11) is 0. The van der Waals surface area contributed by atoms with Crippen molar-refractivity contribution in [1.29, 1.82) is 0 Å². The van der Waals surface area contributed by atoms with Gasteiger partial charge in [-0.05, 0) is 51.1 Å². The first-order valence-electron chi connectivity index (χ1n) is 12.7. The fourth-order valence-corrected chi connectivity index (χ4v) is 5.17. The van der Waals surface area contributed by atoms with Gasteiger partial charge in [-0.3, -0.25) is 0 Å². The molecule has 2 aromatic carbocycles. The van der Waals surface area contributed by atoms with Crippen LogP contribution in [-0.2, 0) is 4.74 Å². The van der Waals surface area contributed by atoms with E-state index in [1.165, 1.54) is 22.3 Å². The van der Waals surface area contributed by atoms with Crippen molar-refractivity contribution in [3.63, 3.8) is 0 Å². The number of piperazine rings is 1. The Balaban J connectivity index is 0.00000172.